The number of benzene rings is 2. The van der Waals surface area contributed by atoms with E-state index in [0.717, 1.165) is 37.5 Å². The zero-order chi connectivity index (χ0) is 35.5. The highest BCUT2D eigenvalue weighted by Crippen LogP contribution is 2.20. The second kappa shape index (κ2) is 22.6. The zero-order valence-corrected chi connectivity index (χ0v) is 30.5. The van der Waals surface area contributed by atoms with Crippen LogP contribution in [0.2, 0.25) is 0 Å². The Morgan fingerprint density at radius 2 is 1.10 bits per heavy atom. The van der Waals surface area contributed by atoms with Gasteiger partial charge in [0.05, 0.1) is 0 Å². The maximum absolute atomic E-state index is 12.4. The lowest BCUT2D eigenvalue weighted by Crippen LogP contribution is -2.37. The molecule has 12 heteroatoms. The number of halogens is 1. The molecule has 0 aromatic heterocycles. The van der Waals surface area contributed by atoms with Gasteiger partial charge in [0.1, 0.15) is 11.2 Å². The van der Waals surface area contributed by atoms with Crippen LogP contribution in [0.3, 0.4) is 0 Å². The average molecular weight is 691 g/mol. The van der Waals surface area contributed by atoms with Crippen LogP contribution in [0.15, 0.2) is 54.6 Å². The van der Waals surface area contributed by atoms with Gasteiger partial charge in [-0.25, -0.2) is 9.59 Å². The van der Waals surface area contributed by atoms with Crippen molar-refractivity contribution in [2.24, 2.45) is 11.8 Å². The largest absolute Gasteiger partial charge is 0.444 e. The van der Waals surface area contributed by atoms with Gasteiger partial charge in [-0.2, -0.15) is 9.59 Å². The van der Waals surface area contributed by atoms with Gasteiger partial charge >= 0.3 is 18.3 Å². The van der Waals surface area contributed by atoms with Crippen molar-refractivity contribution in [1.82, 2.24) is 10.2 Å². The van der Waals surface area contributed by atoms with E-state index in [1.165, 1.54) is 25.9 Å². The third kappa shape index (κ3) is 21.1. The summed E-state index contributed by atoms with van der Waals surface area (Å²) in [4.78, 5) is 53.6. The summed E-state index contributed by atoms with van der Waals surface area (Å²) >= 11 is 0. The third-order valence-electron chi connectivity index (χ3n) is 6.89. The van der Waals surface area contributed by atoms with E-state index < -0.39 is 23.4 Å². The number of carbonyl (C=O) groups is 3. The van der Waals surface area contributed by atoms with Crippen molar-refractivity contribution in [2.45, 2.75) is 92.3 Å². The quantitative estimate of drug-likeness (QED) is 0.296. The maximum atomic E-state index is 12.4. The summed E-state index contributed by atoms with van der Waals surface area (Å²) in [6.45, 7) is 19.6. The van der Waals surface area contributed by atoms with Crippen molar-refractivity contribution in [3.8, 4) is 0 Å². The third-order valence-corrected chi connectivity index (χ3v) is 6.89. The summed E-state index contributed by atoms with van der Waals surface area (Å²) in [5.41, 5.74) is 1.00. The molecule has 0 spiro atoms. The molecule has 2 aromatic rings. The molecule has 0 atom stereocenters. The van der Waals surface area contributed by atoms with Crippen molar-refractivity contribution in [2.75, 3.05) is 36.8 Å². The van der Waals surface area contributed by atoms with Crippen molar-refractivity contribution in [1.29, 1.82) is 0 Å². The van der Waals surface area contributed by atoms with Crippen molar-refractivity contribution in [3.05, 3.63) is 60.2 Å². The number of hydrogen-bond donors (Lipinski definition) is 3. The first-order valence-corrected chi connectivity index (χ1v) is 16.2. The Balaban J connectivity index is 0.000000746. The molecule has 268 valence electrons. The molecule has 48 heavy (non-hydrogen) atoms. The highest BCUT2D eigenvalue weighted by Gasteiger charge is 2.22. The highest BCUT2D eigenvalue weighted by molar-refractivity contribution is 5.95. The molecule has 0 bridgehead atoms. The fourth-order valence-corrected chi connectivity index (χ4v) is 4.42. The number of nitrogens with zero attached hydrogens (tertiary/aromatic N) is 1. The van der Waals surface area contributed by atoms with E-state index >= 15 is 0 Å². The molecule has 3 amide bonds. The molecule has 2 heterocycles. The van der Waals surface area contributed by atoms with E-state index in [4.69, 9.17) is 19.1 Å². The summed E-state index contributed by atoms with van der Waals surface area (Å²) in [5, 5.41) is 8.62. The van der Waals surface area contributed by atoms with Crippen LogP contribution in [0.5, 0.6) is 0 Å². The molecule has 4 rings (SSSR count). The van der Waals surface area contributed by atoms with Crippen LogP contribution in [0, 0.1) is 11.8 Å². The van der Waals surface area contributed by atoms with Crippen LogP contribution in [-0.4, -0.2) is 66.5 Å². The Bertz CT molecular complexity index is 1240. The monoisotopic (exact) mass is 690 g/mol. The van der Waals surface area contributed by atoms with Gasteiger partial charge < -0.3 is 19.7 Å². The topological polar surface area (TPSA) is 143 Å². The average Bonchev–Trinajstić information content (AvgIpc) is 2.98. The molecule has 11 nitrogen and oxygen atoms in total. The number of anilines is 2. The van der Waals surface area contributed by atoms with Crippen molar-refractivity contribution >= 4 is 48.0 Å². The van der Waals surface area contributed by atoms with E-state index in [0.29, 0.717) is 17.2 Å². The normalized spacial score (nSPS) is 14.7. The van der Waals surface area contributed by atoms with Crippen LogP contribution in [-0.2, 0) is 19.1 Å². The zero-order valence-electron chi connectivity index (χ0n) is 29.7. The van der Waals surface area contributed by atoms with Crippen LogP contribution in [0.1, 0.15) is 91.4 Å². The Morgan fingerprint density at radius 3 is 1.48 bits per heavy atom. The smallest absolute Gasteiger partial charge is 0.412 e. The second-order valence-corrected chi connectivity index (χ2v) is 13.7. The van der Waals surface area contributed by atoms with Crippen LogP contribution < -0.4 is 16.0 Å². The lowest BCUT2D eigenvalue weighted by atomic mass is 9.98. The second-order valence-electron chi connectivity index (χ2n) is 13.7. The molecular formula is C36H55ClN4O7. The predicted octanol–water partition coefficient (Wildman–Crippen LogP) is 7.78. The number of amides is 3. The van der Waals surface area contributed by atoms with Crippen molar-refractivity contribution < 1.29 is 33.4 Å². The maximum Gasteiger partial charge on any atom is 0.412 e. The molecule has 0 unspecified atom stereocenters. The van der Waals surface area contributed by atoms with Gasteiger partial charge in [0, 0.05) is 30.0 Å². The molecule has 2 aliphatic rings. The van der Waals surface area contributed by atoms with Gasteiger partial charge in [-0.1, -0.05) is 32.0 Å². The van der Waals surface area contributed by atoms with Crippen molar-refractivity contribution in [3.63, 3.8) is 0 Å². The summed E-state index contributed by atoms with van der Waals surface area (Å²) in [5.74, 6) is 1.72. The van der Waals surface area contributed by atoms with Crippen LogP contribution in [0.25, 0.3) is 0 Å². The van der Waals surface area contributed by atoms with E-state index in [1.54, 1.807) is 24.3 Å². The Morgan fingerprint density at radius 1 is 0.708 bits per heavy atom. The van der Waals surface area contributed by atoms with Crippen LogP contribution in [0.4, 0.5) is 21.0 Å². The van der Waals surface area contributed by atoms with Gasteiger partial charge in [0.25, 0.3) is 5.91 Å². The Kier molecular flexibility index (Phi) is 20.8. The molecular weight excluding hydrogens is 636 g/mol. The van der Waals surface area contributed by atoms with Gasteiger partial charge in [0.2, 0.25) is 0 Å². The SMILES string of the molecule is CC(C)(C)OC(=O)Nc1ccccc1.CC1CCN(C(=O)c2ccc(NC(=O)OC(C)(C)C)cc2)CC1.CC1CCNCC1.Cl.O=C=O. The molecule has 0 saturated carbocycles. The highest BCUT2D eigenvalue weighted by atomic mass is 35.5. The van der Waals surface area contributed by atoms with E-state index in [9.17, 15) is 14.4 Å². The lowest BCUT2D eigenvalue weighted by Gasteiger charge is -2.30. The van der Waals surface area contributed by atoms with Gasteiger partial charge in [-0.05, 0) is 129 Å². The Hall–Kier alpha value is -3.92. The fraction of sp³-hybridized carbons (Fsp3) is 0.556. The predicted molar refractivity (Wildman–Crippen MR) is 190 cm³/mol. The number of hydrogen-bond acceptors (Lipinski definition) is 8. The first-order chi connectivity index (χ1) is 22.0. The van der Waals surface area contributed by atoms with E-state index in [1.807, 2.05) is 76.8 Å². The number of piperidine rings is 2. The lowest BCUT2D eigenvalue weighted by molar-refractivity contribution is -0.191. The van der Waals surface area contributed by atoms with Crippen LogP contribution >= 0.6 is 12.4 Å². The number of carbonyl (C=O) groups excluding carboxylic acids is 5. The summed E-state index contributed by atoms with van der Waals surface area (Å²) in [7, 11) is 0. The van der Waals surface area contributed by atoms with Gasteiger partial charge in [-0.3, -0.25) is 15.4 Å². The molecule has 0 radical (unpaired) electrons. The molecule has 0 aliphatic carbocycles. The molecule has 2 fully saturated rings. The standard InChI is InChI=1S/C18H26N2O3.C11H15NO2.C6H13N.CO2.ClH/c1-13-9-11-20(12-10-13)16(21)14-5-7-15(8-6-14)19-17(22)23-18(2,3)4;1-11(2,3)14-10(13)12-9-7-5-4-6-8-9;1-6-2-4-7-5-3-6;2-1-3;/h5-8,13H,9-12H2,1-4H3,(H,19,22);4-8H,1-3H3,(H,12,13);6-7H,2-5H2,1H3;;1H. The number of nitrogens with one attached hydrogen (secondary N) is 3. The first kappa shape index (κ1) is 44.1. The van der Waals surface area contributed by atoms with E-state index in [-0.39, 0.29) is 24.5 Å². The summed E-state index contributed by atoms with van der Waals surface area (Å²) in [6, 6.07) is 16.2. The minimum atomic E-state index is -0.536. The molecule has 2 aliphatic heterocycles. The Labute approximate surface area is 292 Å². The van der Waals surface area contributed by atoms with E-state index in [2.05, 4.69) is 29.8 Å². The fourth-order valence-electron chi connectivity index (χ4n) is 4.42. The minimum Gasteiger partial charge on any atom is -0.444 e. The first-order valence-electron chi connectivity index (χ1n) is 16.2. The molecule has 2 aromatic carbocycles. The van der Waals surface area contributed by atoms with Gasteiger partial charge in [-0.15, -0.1) is 12.4 Å². The summed E-state index contributed by atoms with van der Waals surface area (Å²) in [6.07, 6.45) is 4.19. The number of likely N-dealkylation sites (tertiary alicyclic amines) is 1. The number of ether oxygens (including phenoxy) is 2. The number of rotatable bonds is 3. The summed E-state index contributed by atoms with van der Waals surface area (Å²) < 4.78 is 10.3. The minimum absolute atomic E-state index is 0. The van der Waals surface area contributed by atoms with Gasteiger partial charge in [0.15, 0.2) is 0 Å². The number of para-hydroxylation sites is 1. The molecule has 3 N–H and O–H groups in total. The molecule has 2 saturated heterocycles.